The molecule has 0 radical (unpaired) electrons. The molecule has 5 heteroatoms. The van der Waals surface area contributed by atoms with E-state index in [-0.39, 0.29) is 0 Å². The molecule has 0 aliphatic heterocycles. The standard InChI is InChI=1S/C21H30N4O/c1-16-6-7-17(14-20(16)26-5)12-13-23-21(22-2)24-15-18-8-10-19(11-9-18)25(3)4/h6-11,14H,12-13,15H2,1-5H3,(H2,22,23,24). The number of guanidine groups is 1. The number of nitrogens with one attached hydrogen (secondary N) is 2. The Bertz CT molecular complexity index is 723. The van der Waals surface area contributed by atoms with Crippen LogP contribution in [0.25, 0.3) is 0 Å². The summed E-state index contributed by atoms with van der Waals surface area (Å²) in [5.41, 5.74) is 4.82. The highest BCUT2D eigenvalue weighted by molar-refractivity contribution is 5.79. The van der Waals surface area contributed by atoms with Crippen molar-refractivity contribution in [1.82, 2.24) is 10.6 Å². The molecule has 0 unspecified atom stereocenters. The molecule has 0 heterocycles. The lowest BCUT2D eigenvalue weighted by atomic mass is 10.1. The third-order valence-electron chi connectivity index (χ3n) is 4.31. The van der Waals surface area contributed by atoms with Gasteiger partial charge in [-0.3, -0.25) is 4.99 Å². The van der Waals surface area contributed by atoms with Gasteiger partial charge in [0.25, 0.3) is 0 Å². The predicted molar refractivity (Wildman–Crippen MR) is 110 cm³/mol. The highest BCUT2D eigenvalue weighted by Gasteiger charge is 2.02. The largest absolute Gasteiger partial charge is 0.496 e. The van der Waals surface area contributed by atoms with Crippen LogP contribution >= 0.6 is 0 Å². The second-order valence-corrected chi connectivity index (χ2v) is 6.47. The molecule has 0 saturated carbocycles. The highest BCUT2D eigenvalue weighted by atomic mass is 16.5. The summed E-state index contributed by atoms with van der Waals surface area (Å²) >= 11 is 0. The van der Waals surface area contributed by atoms with Gasteiger partial charge in [-0.2, -0.15) is 0 Å². The Labute approximate surface area is 157 Å². The molecular formula is C21H30N4O. The molecule has 0 aliphatic carbocycles. The molecule has 2 rings (SSSR count). The summed E-state index contributed by atoms with van der Waals surface area (Å²) in [5, 5.41) is 6.71. The summed E-state index contributed by atoms with van der Waals surface area (Å²) in [6.45, 7) is 3.61. The van der Waals surface area contributed by atoms with Crippen LogP contribution in [0.1, 0.15) is 16.7 Å². The van der Waals surface area contributed by atoms with Gasteiger partial charge in [-0.1, -0.05) is 24.3 Å². The molecule has 26 heavy (non-hydrogen) atoms. The third-order valence-corrected chi connectivity index (χ3v) is 4.31. The van der Waals surface area contributed by atoms with Crippen molar-refractivity contribution in [1.29, 1.82) is 0 Å². The van der Waals surface area contributed by atoms with Crippen LogP contribution < -0.4 is 20.3 Å². The van der Waals surface area contributed by atoms with E-state index in [0.717, 1.165) is 36.8 Å². The number of aliphatic imine (C=N–C) groups is 1. The van der Waals surface area contributed by atoms with Gasteiger partial charge in [0.15, 0.2) is 5.96 Å². The Hall–Kier alpha value is -2.69. The van der Waals surface area contributed by atoms with E-state index in [0.29, 0.717) is 0 Å². The van der Waals surface area contributed by atoms with Crippen molar-refractivity contribution < 1.29 is 4.74 Å². The SMILES string of the molecule is CN=C(NCCc1ccc(C)c(OC)c1)NCc1ccc(N(C)C)cc1. The van der Waals surface area contributed by atoms with Crippen LogP contribution in [0.5, 0.6) is 5.75 Å². The number of rotatable bonds is 7. The lowest BCUT2D eigenvalue weighted by molar-refractivity contribution is 0.411. The number of ether oxygens (including phenoxy) is 1. The van der Waals surface area contributed by atoms with Crippen LogP contribution in [-0.2, 0) is 13.0 Å². The Kier molecular flexibility index (Phi) is 7.33. The van der Waals surface area contributed by atoms with Crippen LogP contribution in [0.15, 0.2) is 47.5 Å². The van der Waals surface area contributed by atoms with E-state index >= 15 is 0 Å². The minimum absolute atomic E-state index is 0.742. The van der Waals surface area contributed by atoms with E-state index in [4.69, 9.17) is 4.74 Å². The van der Waals surface area contributed by atoms with Gasteiger partial charge in [0, 0.05) is 39.9 Å². The van der Waals surface area contributed by atoms with Gasteiger partial charge in [0.1, 0.15) is 5.75 Å². The molecule has 0 aromatic heterocycles. The lowest BCUT2D eigenvalue weighted by Crippen LogP contribution is -2.37. The van der Waals surface area contributed by atoms with Gasteiger partial charge in [0.2, 0.25) is 0 Å². The molecule has 2 N–H and O–H groups in total. The Balaban J connectivity index is 1.80. The van der Waals surface area contributed by atoms with Crippen LogP contribution in [0, 0.1) is 6.92 Å². The van der Waals surface area contributed by atoms with Gasteiger partial charge in [-0.25, -0.2) is 0 Å². The van der Waals surface area contributed by atoms with Crippen molar-refractivity contribution in [3.63, 3.8) is 0 Å². The minimum atomic E-state index is 0.742. The van der Waals surface area contributed by atoms with Crippen molar-refractivity contribution in [2.45, 2.75) is 19.9 Å². The van der Waals surface area contributed by atoms with Crippen molar-refractivity contribution >= 4 is 11.6 Å². The average Bonchev–Trinajstić information content (AvgIpc) is 2.66. The predicted octanol–water partition coefficient (Wildman–Crippen LogP) is 2.98. The molecule has 140 valence electrons. The topological polar surface area (TPSA) is 48.9 Å². The molecular weight excluding hydrogens is 324 g/mol. The molecule has 0 spiro atoms. The molecule has 0 fully saturated rings. The molecule has 0 atom stereocenters. The quantitative estimate of drug-likeness (QED) is 0.593. The molecule has 0 amide bonds. The highest BCUT2D eigenvalue weighted by Crippen LogP contribution is 2.19. The monoisotopic (exact) mass is 354 g/mol. The van der Waals surface area contributed by atoms with Gasteiger partial charge in [0.05, 0.1) is 7.11 Å². The second kappa shape index (κ2) is 9.70. The average molecular weight is 354 g/mol. The van der Waals surface area contributed by atoms with Crippen molar-refractivity contribution in [3.8, 4) is 5.75 Å². The van der Waals surface area contributed by atoms with E-state index in [9.17, 15) is 0 Å². The number of benzene rings is 2. The smallest absolute Gasteiger partial charge is 0.191 e. The van der Waals surface area contributed by atoms with Gasteiger partial charge < -0.3 is 20.3 Å². The molecule has 0 aliphatic rings. The Morgan fingerprint density at radius 1 is 1.04 bits per heavy atom. The maximum Gasteiger partial charge on any atom is 0.191 e. The Morgan fingerprint density at radius 3 is 2.35 bits per heavy atom. The van der Waals surface area contributed by atoms with E-state index in [2.05, 4.69) is 69.9 Å². The van der Waals surface area contributed by atoms with Crippen LogP contribution in [-0.4, -0.2) is 40.8 Å². The van der Waals surface area contributed by atoms with E-state index in [1.54, 1.807) is 14.2 Å². The fourth-order valence-electron chi connectivity index (χ4n) is 2.66. The number of nitrogens with zero attached hydrogens (tertiary/aromatic N) is 2. The first kappa shape index (κ1) is 19.6. The first-order chi connectivity index (χ1) is 12.5. The van der Waals surface area contributed by atoms with E-state index < -0.39 is 0 Å². The van der Waals surface area contributed by atoms with Crippen molar-refractivity contribution in [3.05, 3.63) is 59.2 Å². The van der Waals surface area contributed by atoms with Gasteiger partial charge in [-0.05, 0) is 48.2 Å². The fraction of sp³-hybridized carbons (Fsp3) is 0.381. The van der Waals surface area contributed by atoms with Gasteiger partial charge in [-0.15, -0.1) is 0 Å². The molecule has 0 saturated heterocycles. The summed E-state index contributed by atoms with van der Waals surface area (Å²) in [4.78, 5) is 6.38. The summed E-state index contributed by atoms with van der Waals surface area (Å²) in [6.07, 6.45) is 0.912. The normalized spacial score (nSPS) is 11.2. The summed E-state index contributed by atoms with van der Waals surface area (Å²) < 4.78 is 5.39. The maximum absolute atomic E-state index is 5.39. The number of hydrogen-bond acceptors (Lipinski definition) is 3. The zero-order valence-corrected chi connectivity index (χ0v) is 16.5. The number of methoxy groups -OCH3 is 1. The van der Waals surface area contributed by atoms with Crippen molar-refractivity contribution in [2.24, 2.45) is 4.99 Å². The summed E-state index contributed by atoms with van der Waals surface area (Å²) in [6, 6.07) is 14.8. The molecule has 2 aromatic rings. The van der Waals surface area contributed by atoms with E-state index in [1.807, 2.05) is 14.1 Å². The maximum atomic E-state index is 5.39. The fourth-order valence-corrected chi connectivity index (χ4v) is 2.66. The number of hydrogen-bond donors (Lipinski definition) is 2. The molecule has 5 nitrogen and oxygen atoms in total. The Morgan fingerprint density at radius 2 is 1.73 bits per heavy atom. The number of anilines is 1. The zero-order valence-electron chi connectivity index (χ0n) is 16.5. The van der Waals surface area contributed by atoms with Crippen LogP contribution in [0.3, 0.4) is 0 Å². The van der Waals surface area contributed by atoms with Crippen molar-refractivity contribution in [2.75, 3.05) is 39.7 Å². The van der Waals surface area contributed by atoms with Gasteiger partial charge >= 0.3 is 0 Å². The number of aryl methyl sites for hydroxylation is 1. The van der Waals surface area contributed by atoms with Crippen LogP contribution in [0.4, 0.5) is 5.69 Å². The first-order valence-corrected chi connectivity index (χ1v) is 8.87. The summed E-state index contributed by atoms with van der Waals surface area (Å²) in [7, 11) is 7.59. The minimum Gasteiger partial charge on any atom is -0.496 e. The third kappa shape index (κ3) is 5.69. The molecule has 2 aromatic carbocycles. The van der Waals surface area contributed by atoms with E-state index in [1.165, 1.54) is 16.8 Å². The van der Waals surface area contributed by atoms with Crippen LogP contribution in [0.2, 0.25) is 0 Å². The first-order valence-electron chi connectivity index (χ1n) is 8.87. The summed E-state index contributed by atoms with van der Waals surface area (Å²) in [5.74, 6) is 1.74. The lowest BCUT2D eigenvalue weighted by Gasteiger charge is -2.14. The zero-order chi connectivity index (χ0) is 18.9. The second-order valence-electron chi connectivity index (χ2n) is 6.47. The molecule has 0 bridgehead atoms.